The maximum atomic E-state index is 12.3. The fraction of sp³-hybridized carbons (Fsp3) is 0.438. The zero-order chi connectivity index (χ0) is 14.3. The number of aromatic nitrogens is 1. The van der Waals surface area contributed by atoms with Gasteiger partial charge in [0.15, 0.2) is 0 Å². The molecule has 1 fully saturated rings. The van der Waals surface area contributed by atoms with E-state index in [1.807, 2.05) is 37.2 Å². The number of nitrogens with zero attached hydrogens (tertiary/aromatic N) is 1. The van der Waals surface area contributed by atoms with Crippen LogP contribution in [-0.4, -0.2) is 36.0 Å². The third-order valence-electron chi connectivity index (χ3n) is 4.19. The van der Waals surface area contributed by atoms with Crippen molar-refractivity contribution in [2.45, 2.75) is 32.2 Å². The number of likely N-dealkylation sites (N-methyl/N-ethyl adjacent to an activating group) is 1. The second-order valence-electron chi connectivity index (χ2n) is 5.54. The van der Waals surface area contributed by atoms with E-state index in [1.165, 1.54) is 0 Å². The van der Waals surface area contributed by atoms with Crippen LogP contribution in [0.15, 0.2) is 18.3 Å². The van der Waals surface area contributed by atoms with Crippen LogP contribution in [0.25, 0.3) is 10.9 Å². The van der Waals surface area contributed by atoms with E-state index in [2.05, 4.69) is 4.98 Å². The van der Waals surface area contributed by atoms with Crippen LogP contribution in [0.1, 0.15) is 24.0 Å². The third kappa shape index (κ3) is 2.15. The van der Waals surface area contributed by atoms with Gasteiger partial charge in [-0.3, -0.25) is 4.79 Å². The highest BCUT2D eigenvalue weighted by atomic mass is 16.5. The first-order valence-corrected chi connectivity index (χ1v) is 7.01. The largest absolute Gasteiger partial charge is 0.496 e. The van der Waals surface area contributed by atoms with Crippen LogP contribution < -0.4 is 4.74 Å². The van der Waals surface area contributed by atoms with Crippen molar-refractivity contribution in [1.29, 1.82) is 0 Å². The first kappa shape index (κ1) is 13.0. The van der Waals surface area contributed by atoms with Gasteiger partial charge in [0.05, 0.1) is 13.5 Å². The van der Waals surface area contributed by atoms with Crippen LogP contribution >= 0.6 is 0 Å². The zero-order valence-electron chi connectivity index (χ0n) is 12.2. The number of H-pyrrole nitrogens is 1. The number of nitrogens with one attached hydrogen (secondary N) is 1. The van der Waals surface area contributed by atoms with Gasteiger partial charge in [-0.05, 0) is 37.5 Å². The lowest BCUT2D eigenvalue weighted by molar-refractivity contribution is -0.129. The predicted octanol–water partition coefficient (Wildman–Crippen LogP) is 2.65. The molecule has 1 N–H and O–H groups in total. The lowest BCUT2D eigenvalue weighted by atomic mass is 10.0. The average Bonchev–Trinajstić information content (AvgIpc) is 3.21. The summed E-state index contributed by atoms with van der Waals surface area (Å²) in [5.41, 5.74) is 3.19. The number of ether oxygens (including phenoxy) is 1. The summed E-state index contributed by atoms with van der Waals surface area (Å²) in [6, 6.07) is 4.42. The van der Waals surface area contributed by atoms with Crippen LogP contribution in [0.5, 0.6) is 5.75 Å². The number of amides is 1. The number of fused-ring (bicyclic) bond motifs is 1. The minimum absolute atomic E-state index is 0.190. The quantitative estimate of drug-likeness (QED) is 0.930. The molecule has 20 heavy (non-hydrogen) atoms. The number of benzene rings is 1. The number of carbonyl (C=O) groups is 1. The van der Waals surface area contributed by atoms with Crippen molar-refractivity contribution >= 4 is 16.8 Å². The van der Waals surface area contributed by atoms with Gasteiger partial charge in [0.25, 0.3) is 0 Å². The molecule has 3 rings (SSSR count). The van der Waals surface area contributed by atoms with E-state index in [0.717, 1.165) is 40.6 Å². The van der Waals surface area contributed by atoms with Gasteiger partial charge in [-0.15, -0.1) is 0 Å². The predicted molar refractivity (Wildman–Crippen MR) is 79.1 cm³/mol. The van der Waals surface area contributed by atoms with Gasteiger partial charge in [0.1, 0.15) is 5.75 Å². The molecule has 0 aliphatic heterocycles. The Bertz CT molecular complexity index is 656. The summed E-state index contributed by atoms with van der Waals surface area (Å²) in [6.07, 6.45) is 4.67. The van der Waals surface area contributed by atoms with Crippen molar-refractivity contribution in [3.63, 3.8) is 0 Å². The molecule has 4 nitrogen and oxygen atoms in total. The molecule has 1 aliphatic rings. The van der Waals surface area contributed by atoms with E-state index in [1.54, 1.807) is 7.11 Å². The molecule has 0 atom stereocenters. The van der Waals surface area contributed by atoms with Crippen LogP contribution in [0, 0.1) is 6.92 Å². The van der Waals surface area contributed by atoms with E-state index in [9.17, 15) is 4.79 Å². The van der Waals surface area contributed by atoms with E-state index in [4.69, 9.17) is 4.74 Å². The van der Waals surface area contributed by atoms with E-state index >= 15 is 0 Å². The molecule has 1 amide bonds. The van der Waals surface area contributed by atoms with E-state index < -0.39 is 0 Å². The number of aryl methyl sites for hydroxylation is 1. The summed E-state index contributed by atoms with van der Waals surface area (Å²) >= 11 is 0. The van der Waals surface area contributed by atoms with Gasteiger partial charge in [0.2, 0.25) is 5.91 Å². The molecule has 4 heteroatoms. The van der Waals surface area contributed by atoms with Gasteiger partial charge in [0, 0.05) is 35.8 Å². The Hall–Kier alpha value is -1.97. The van der Waals surface area contributed by atoms with Crippen molar-refractivity contribution in [2.75, 3.05) is 14.2 Å². The van der Waals surface area contributed by atoms with Crippen molar-refractivity contribution in [3.05, 3.63) is 29.5 Å². The average molecular weight is 272 g/mol. The Morgan fingerprint density at radius 1 is 1.45 bits per heavy atom. The Kier molecular flexibility index (Phi) is 3.16. The number of carbonyl (C=O) groups excluding carboxylic acids is 1. The first-order valence-electron chi connectivity index (χ1n) is 7.01. The topological polar surface area (TPSA) is 45.3 Å². The SMILES string of the molecule is COc1ccc2[nH]cc(CC(=O)N(C)C3CC3)c2c1C. The zero-order valence-corrected chi connectivity index (χ0v) is 12.2. The Labute approximate surface area is 118 Å². The van der Waals surface area contributed by atoms with Crippen LogP contribution in [-0.2, 0) is 11.2 Å². The molecule has 0 unspecified atom stereocenters. The number of hydrogen-bond acceptors (Lipinski definition) is 2. The van der Waals surface area contributed by atoms with E-state index in [0.29, 0.717) is 12.5 Å². The molecule has 0 radical (unpaired) electrons. The number of aromatic amines is 1. The molecule has 2 aromatic rings. The highest BCUT2D eigenvalue weighted by Gasteiger charge is 2.29. The highest BCUT2D eigenvalue weighted by molar-refractivity contribution is 5.92. The number of methoxy groups -OCH3 is 1. The fourth-order valence-corrected chi connectivity index (χ4v) is 2.78. The third-order valence-corrected chi connectivity index (χ3v) is 4.19. The van der Waals surface area contributed by atoms with Crippen molar-refractivity contribution in [1.82, 2.24) is 9.88 Å². The maximum absolute atomic E-state index is 12.3. The lowest BCUT2D eigenvalue weighted by Crippen LogP contribution is -2.30. The maximum Gasteiger partial charge on any atom is 0.227 e. The normalized spacial score (nSPS) is 14.6. The van der Waals surface area contributed by atoms with Crippen molar-refractivity contribution in [3.8, 4) is 5.75 Å². The van der Waals surface area contributed by atoms with E-state index in [-0.39, 0.29) is 5.91 Å². The molecule has 0 saturated heterocycles. The van der Waals surface area contributed by atoms with Gasteiger partial charge in [-0.25, -0.2) is 0 Å². The minimum Gasteiger partial charge on any atom is -0.496 e. The minimum atomic E-state index is 0.190. The fourth-order valence-electron chi connectivity index (χ4n) is 2.78. The smallest absolute Gasteiger partial charge is 0.227 e. The molecule has 0 bridgehead atoms. The second kappa shape index (κ2) is 4.85. The standard InChI is InChI=1S/C16H20N2O2/c1-10-14(20-3)7-6-13-16(10)11(9-17-13)8-15(19)18(2)12-4-5-12/h6-7,9,12,17H,4-5,8H2,1-3H3. The van der Waals surface area contributed by atoms with Gasteiger partial charge in [-0.2, -0.15) is 0 Å². The molecule has 1 saturated carbocycles. The summed E-state index contributed by atoms with van der Waals surface area (Å²) in [5.74, 6) is 1.05. The van der Waals surface area contributed by atoms with Crippen LogP contribution in [0.4, 0.5) is 0 Å². The second-order valence-corrected chi connectivity index (χ2v) is 5.54. The monoisotopic (exact) mass is 272 g/mol. The van der Waals surface area contributed by atoms with Gasteiger partial charge >= 0.3 is 0 Å². The lowest BCUT2D eigenvalue weighted by Gasteiger charge is -2.16. The molecular weight excluding hydrogens is 252 g/mol. The number of rotatable bonds is 4. The first-order chi connectivity index (χ1) is 9.61. The Morgan fingerprint density at radius 3 is 2.85 bits per heavy atom. The van der Waals surface area contributed by atoms with Crippen molar-refractivity contribution < 1.29 is 9.53 Å². The summed E-state index contributed by atoms with van der Waals surface area (Å²) in [5, 5.41) is 1.11. The highest BCUT2D eigenvalue weighted by Crippen LogP contribution is 2.31. The Morgan fingerprint density at radius 2 is 2.20 bits per heavy atom. The van der Waals surface area contributed by atoms with Crippen LogP contribution in [0.2, 0.25) is 0 Å². The molecule has 1 aliphatic carbocycles. The molecular formula is C16H20N2O2. The molecule has 1 aromatic heterocycles. The van der Waals surface area contributed by atoms with Crippen LogP contribution in [0.3, 0.4) is 0 Å². The van der Waals surface area contributed by atoms with Crippen molar-refractivity contribution in [2.24, 2.45) is 0 Å². The summed E-state index contributed by atoms with van der Waals surface area (Å²) < 4.78 is 5.37. The summed E-state index contributed by atoms with van der Waals surface area (Å²) in [7, 11) is 3.58. The molecule has 1 aromatic carbocycles. The van der Waals surface area contributed by atoms with Gasteiger partial charge < -0.3 is 14.6 Å². The molecule has 0 spiro atoms. The van der Waals surface area contributed by atoms with Gasteiger partial charge in [-0.1, -0.05) is 0 Å². The number of hydrogen-bond donors (Lipinski definition) is 1. The molecule has 1 heterocycles. The summed E-state index contributed by atoms with van der Waals surface area (Å²) in [4.78, 5) is 17.4. The molecule has 106 valence electrons. The summed E-state index contributed by atoms with van der Waals surface area (Å²) in [6.45, 7) is 2.04. The Balaban J connectivity index is 1.93.